The first-order valence-corrected chi connectivity index (χ1v) is 18.5. The molecule has 0 aliphatic heterocycles. The predicted molar refractivity (Wildman–Crippen MR) is 169 cm³/mol. The number of carbonyl (C=O) groups excluding carboxylic acids is 2. The zero-order valence-corrected chi connectivity index (χ0v) is 28.1. The van der Waals surface area contributed by atoms with Crippen molar-refractivity contribution in [2.75, 3.05) is 26.4 Å². The fourth-order valence-corrected chi connectivity index (χ4v) is 5.37. The van der Waals surface area contributed by atoms with Gasteiger partial charge in [-0.15, -0.1) is 0 Å². The van der Waals surface area contributed by atoms with Gasteiger partial charge in [-0.3, -0.25) is 18.6 Å². The monoisotopic (exact) mass is 638 g/mol. The van der Waals surface area contributed by atoms with E-state index in [2.05, 4.69) is 18.4 Å². The van der Waals surface area contributed by atoms with Crippen molar-refractivity contribution in [3.63, 3.8) is 0 Å². The summed E-state index contributed by atoms with van der Waals surface area (Å²) in [6.07, 6.45) is 20.9. The van der Waals surface area contributed by atoms with Gasteiger partial charge in [0, 0.05) is 12.8 Å². The third-order valence-corrected chi connectivity index (χ3v) is 8.21. The van der Waals surface area contributed by atoms with Crippen LogP contribution in [0.15, 0.2) is 0 Å². The van der Waals surface area contributed by atoms with Gasteiger partial charge in [-0.2, -0.15) is 0 Å². The Morgan fingerprint density at radius 3 is 1.44 bits per heavy atom. The second-order valence-electron chi connectivity index (χ2n) is 11.6. The van der Waals surface area contributed by atoms with Gasteiger partial charge in [-0.05, 0) is 12.8 Å². The summed E-state index contributed by atoms with van der Waals surface area (Å²) in [5.41, 5.74) is 0. The van der Waals surface area contributed by atoms with Crippen molar-refractivity contribution in [3.8, 4) is 0 Å². The van der Waals surface area contributed by atoms with Crippen LogP contribution in [0.1, 0.15) is 155 Å². The molecule has 256 valence electrons. The Balaban J connectivity index is 4.41. The van der Waals surface area contributed by atoms with E-state index in [-0.39, 0.29) is 19.4 Å². The van der Waals surface area contributed by atoms with Crippen molar-refractivity contribution in [3.05, 3.63) is 0 Å². The lowest BCUT2D eigenvalue weighted by atomic mass is 10.1. The van der Waals surface area contributed by atoms with Gasteiger partial charge in [-0.1, -0.05) is 129 Å². The van der Waals surface area contributed by atoms with Gasteiger partial charge in [0.15, 0.2) is 6.10 Å². The minimum Gasteiger partial charge on any atom is -0.462 e. The van der Waals surface area contributed by atoms with Gasteiger partial charge in [0.05, 0.1) is 19.8 Å². The second-order valence-corrected chi connectivity index (χ2v) is 13.0. The number of unbranched alkanes of at least 4 members (excludes halogenated alkanes) is 18. The molecule has 3 N–H and O–H groups in total. The summed E-state index contributed by atoms with van der Waals surface area (Å²) in [6, 6.07) is 0. The molecule has 11 heteroatoms. The highest BCUT2D eigenvalue weighted by Gasteiger charge is 2.27. The number of carbonyl (C=O) groups is 2. The van der Waals surface area contributed by atoms with Crippen molar-refractivity contribution < 1.29 is 47.8 Å². The molecule has 10 nitrogen and oxygen atoms in total. The molecular formula is C32H63O10P. The van der Waals surface area contributed by atoms with E-state index in [1.807, 2.05) is 0 Å². The molecule has 0 aromatic carbocycles. The first kappa shape index (κ1) is 42.0. The third-order valence-electron chi connectivity index (χ3n) is 7.26. The Labute approximate surface area is 261 Å². The lowest BCUT2D eigenvalue weighted by Crippen LogP contribution is -2.29. The van der Waals surface area contributed by atoms with Crippen LogP contribution in [0.5, 0.6) is 0 Å². The van der Waals surface area contributed by atoms with Gasteiger partial charge < -0.3 is 24.6 Å². The Kier molecular flexibility index (Phi) is 29.0. The summed E-state index contributed by atoms with van der Waals surface area (Å²) in [5.74, 6) is -0.923. The molecular weight excluding hydrogens is 575 g/mol. The van der Waals surface area contributed by atoms with Crippen LogP contribution in [0.25, 0.3) is 0 Å². The summed E-state index contributed by atoms with van der Waals surface area (Å²) < 4.78 is 32.4. The quantitative estimate of drug-likeness (QED) is 0.0383. The summed E-state index contributed by atoms with van der Waals surface area (Å²) >= 11 is 0. The Bertz CT molecular complexity index is 706. The highest BCUT2D eigenvalue weighted by Crippen LogP contribution is 2.43. The number of phosphoric acid groups is 1. The lowest BCUT2D eigenvalue weighted by molar-refractivity contribution is -0.161. The predicted octanol–water partition coefficient (Wildman–Crippen LogP) is 7.55. The SMILES string of the molecule is CCCCCCCCCCCCCC(=O)OC[C@H](COP(=O)(O)OC[C@@H](O)CO)OC(=O)CCCCCCCCCCC. The number of hydrogen-bond donors (Lipinski definition) is 3. The van der Waals surface area contributed by atoms with Crippen LogP contribution in [-0.2, 0) is 32.7 Å². The number of esters is 2. The molecule has 0 heterocycles. The summed E-state index contributed by atoms with van der Waals surface area (Å²) in [4.78, 5) is 34.6. The fraction of sp³-hybridized carbons (Fsp3) is 0.938. The van der Waals surface area contributed by atoms with E-state index in [4.69, 9.17) is 19.1 Å². The zero-order valence-electron chi connectivity index (χ0n) is 27.2. The van der Waals surface area contributed by atoms with E-state index in [9.17, 15) is 24.2 Å². The van der Waals surface area contributed by atoms with Gasteiger partial charge in [0.1, 0.15) is 12.7 Å². The van der Waals surface area contributed by atoms with E-state index >= 15 is 0 Å². The van der Waals surface area contributed by atoms with E-state index in [0.717, 1.165) is 38.5 Å². The molecule has 3 atom stereocenters. The average Bonchev–Trinajstić information content (AvgIpc) is 2.99. The minimum absolute atomic E-state index is 0.189. The van der Waals surface area contributed by atoms with Crippen molar-refractivity contribution in [2.24, 2.45) is 0 Å². The normalized spacial score (nSPS) is 14.3. The van der Waals surface area contributed by atoms with Gasteiger partial charge in [-0.25, -0.2) is 4.57 Å². The maximum atomic E-state index is 12.4. The van der Waals surface area contributed by atoms with Crippen molar-refractivity contribution in [1.29, 1.82) is 0 Å². The molecule has 0 rings (SSSR count). The highest BCUT2D eigenvalue weighted by molar-refractivity contribution is 7.47. The van der Waals surface area contributed by atoms with E-state index < -0.39 is 51.8 Å². The van der Waals surface area contributed by atoms with Crippen LogP contribution in [0.4, 0.5) is 0 Å². The molecule has 0 aliphatic rings. The van der Waals surface area contributed by atoms with E-state index in [0.29, 0.717) is 12.8 Å². The molecule has 0 radical (unpaired) electrons. The maximum absolute atomic E-state index is 12.4. The Hall–Kier alpha value is -1.03. The number of phosphoric ester groups is 1. The standard InChI is InChI=1S/C32H63O10P/c1-3-5-7-9-11-13-14-16-17-19-21-23-31(35)39-27-30(28-41-43(37,38)40-26-29(34)25-33)42-32(36)24-22-20-18-15-12-10-8-6-4-2/h29-30,33-34H,3-28H2,1-2H3,(H,37,38)/t29-,30+/m0/s1. The lowest BCUT2D eigenvalue weighted by Gasteiger charge is -2.20. The molecule has 0 fully saturated rings. The van der Waals surface area contributed by atoms with E-state index in [1.165, 1.54) is 77.0 Å². The largest absolute Gasteiger partial charge is 0.472 e. The number of rotatable bonds is 32. The molecule has 1 unspecified atom stereocenters. The molecule has 0 saturated carbocycles. The zero-order chi connectivity index (χ0) is 32.0. The smallest absolute Gasteiger partial charge is 0.462 e. The Morgan fingerprint density at radius 2 is 1.00 bits per heavy atom. The van der Waals surface area contributed by atoms with Crippen LogP contribution in [0.2, 0.25) is 0 Å². The molecule has 43 heavy (non-hydrogen) atoms. The van der Waals surface area contributed by atoms with Crippen molar-refractivity contribution in [2.45, 2.75) is 167 Å². The highest BCUT2D eigenvalue weighted by atomic mass is 31.2. The third kappa shape index (κ3) is 29.4. The van der Waals surface area contributed by atoms with Crippen molar-refractivity contribution >= 4 is 19.8 Å². The molecule has 0 spiro atoms. The number of hydrogen-bond acceptors (Lipinski definition) is 9. The summed E-state index contributed by atoms with van der Waals surface area (Å²) in [7, 11) is -4.59. The van der Waals surface area contributed by atoms with E-state index in [1.54, 1.807) is 0 Å². The fourth-order valence-electron chi connectivity index (χ4n) is 4.58. The number of ether oxygens (including phenoxy) is 2. The maximum Gasteiger partial charge on any atom is 0.472 e. The molecule has 0 amide bonds. The molecule has 0 aliphatic carbocycles. The van der Waals surface area contributed by atoms with Gasteiger partial charge >= 0.3 is 19.8 Å². The van der Waals surface area contributed by atoms with Crippen LogP contribution >= 0.6 is 7.82 Å². The Morgan fingerprint density at radius 1 is 0.605 bits per heavy atom. The molecule has 0 aromatic heterocycles. The summed E-state index contributed by atoms with van der Waals surface area (Å²) in [6.45, 7) is 2.33. The average molecular weight is 639 g/mol. The van der Waals surface area contributed by atoms with Gasteiger partial charge in [0.25, 0.3) is 0 Å². The molecule has 0 saturated heterocycles. The molecule has 0 bridgehead atoms. The van der Waals surface area contributed by atoms with Crippen LogP contribution in [0.3, 0.4) is 0 Å². The molecule has 0 aromatic rings. The topological polar surface area (TPSA) is 149 Å². The van der Waals surface area contributed by atoms with Crippen LogP contribution in [0, 0.1) is 0 Å². The van der Waals surface area contributed by atoms with Crippen LogP contribution in [-0.4, -0.2) is 65.7 Å². The minimum atomic E-state index is -4.59. The summed E-state index contributed by atoms with van der Waals surface area (Å²) in [5, 5.41) is 18.2. The van der Waals surface area contributed by atoms with Gasteiger partial charge in [0.2, 0.25) is 0 Å². The first-order valence-electron chi connectivity index (χ1n) is 17.0. The van der Waals surface area contributed by atoms with Crippen molar-refractivity contribution in [1.82, 2.24) is 0 Å². The number of aliphatic hydroxyl groups is 2. The van der Waals surface area contributed by atoms with Crippen LogP contribution < -0.4 is 0 Å². The number of aliphatic hydroxyl groups excluding tert-OH is 2. The second kappa shape index (κ2) is 29.7. The first-order chi connectivity index (χ1) is 20.7.